The van der Waals surface area contributed by atoms with Gasteiger partial charge in [-0.25, -0.2) is 5.48 Å². The minimum atomic E-state index is 0.322. The highest BCUT2D eigenvalue weighted by molar-refractivity contribution is 8.13. The van der Waals surface area contributed by atoms with Crippen LogP contribution >= 0.6 is 11.8 Å². The summed E-state index contributed by atoms with van der Waals surface area (Å²) < 4.78 is 0. The van der Waals surface area contributed by atoms with Crippen LogP contribution in [0, 0.1) is 5.41 Å². The van der Waals surface area contributed by atoms with Crippen molar-refractivity contribution in [2.24, 2.45) is 0 Å². The summed E-state index contributed by atoms with van der Waals surface area (Å²) in [5.74, 6) is 0. The van der Waals surface area contributed by atoms with Crippen LogP contribution < -0.4 is 5.48 Å². The van der Waals surface area contributed by atoms with Gasteiger partial charge in [-0.2, -0.15) is 0 Å². The van der Waals surface area contributed by atoms with E-state index in [2.05, 4.69) is 10.3 Å². The Morgan fingerprint density at radius 1 is 1.86 bits per heavy atom. The maximum atomic E-state index is 6.86. The van der Waals surface area contributed by atoms with Crippen LogP contribution in [0.1, 0.15) is 0 Å². The largest absolute Gasteiger partial charge is 0.278 e. The van der Waals surface area contributed by atoms with Crippen LogP contribution in [0.25, 0.3) is 0 Å². The minimum absolute atomic E-state index is 0.322. The number of amidine groups is 1. The summed E-state index contributed by atoms with van der Waals surface area (Å²) in [6.07, 6.45) is 1.80. The normalized spacial score (nSPS) is 8.29. The molecular weight excluding hydrogens is 112 g/mol. The number of hydroxylamine groups is 1. The highest BCUT2D eigenvalue weighted by Crippen LogP contribution is 1.88. The quantitative estimate of drug-likeness (QED) is 0.300. The summed E-state index contributed by atoms with van der Waals surface area (Å²) in [6.45, 7) is 0. The average molecular weight is 120 g/mol. The Morgan fingerprint density at radius 3 is 2.57 bits per heavy atom. The van der Waals surface area contributed by atoms with E-state index < -0.39 is 0 Å². The second-order valence-electron chi connectivity index (χ2n) is 0.839. The molecule has 0 spiro atoms. The Kier molecular flexibility index (Phi) is 3.83. The van der Waals surface area contributed by atoms with Gasteiger partial charge in [0, 0.05) is 0 Å². The number of nitrogens with one attached hydrogen (secondary N) is 2. The predicted octanol–water partition coefficient (Wildman–Crippen LogP) is 0.435. The summed E-state index contributed by atoms with van der Waals surface area (Å²) in [7, 11) is 1.48. The Balaban J connectivity index is 3.00. The van der Waals surface area contributed by atoms with Gasteiger partial charge < -0.3 is 0 Å². The maximum Gasteiger partial charge on any atom is 0.177 e. The first kappa shape index (κ1) is 6.78. The first-order valence-corrected chi connectivity index (χ1v) is 2.95. The third-order valence-electron chi connectivity index (χ3n) is 0.399. The molecular formula is C3H8N2OS. The zero-order chi connectivity index (χ0) is 5.70. The van der Waals surface area contributed by atoms with Gasteiger partial charge in [-0.3, -0.25) is 10.2 Å². The molecule has 0 aromatic rings. The fraction of sp³-hybridized carbons (Fsp3) is 0.667. The lowest BCUT2D eigenvalue weighted by Crippen LogP contribution is -2.16. The molecule has 4 heteroatoms. The van der Waals surface area contributed by atoms with Gasteiger partial charge in [-0.15, -0.1) is 0 Å². The van der Waals surface area contributed by atoms with Crippen LogP contribution in [0.15, 0.2) is 0 Å². The van der Waals surface area contributed by atoms with Crippen molar-refractivity contribution in [2.75, 3.05) is 13.4 Å². The van der Waals surface area contributed by atoms with Gasteiger partial charge in [0.05, 0.1) is 7.11 Å². The Morgan fingerprint density at radius 2 is 2.43 bits per heavy atom. The maximum absolute atomic E-state index is 6.86. The van der Waals surface area contributed by atoms with Gasteiger partial charge >= 0.3 is 0 Å². The van der Waals surface area contributed by atoms with Crippen molar-refractivity contribution in [3.8, 4) is 0 Å². The van der Waals surface area contributed by atoms with Crippen molar-refractivity contribution in [1.82, 2.24) is 5.48 Å². The van der Waals surface area contributed by atoms with Crippen molar-refractivity contribution in [3.05, 3.63) is 0 Å². The Bertz CT molecular complexity index is 66.0. The van der Waals surface area contributed by atoms with E-state index in [1.807, 2.05) is 0 Å². The molecule has 0 aliphatic heterocycles. The fourth-order valence-electron chi connectivity index (χ4n) is 0.134. The van der Waals surface area contributed by atoms with Crippen molar-refractivity contribution in [3.63, 3.8) is 0 Å². The van der Waals surface area contributed by atoms with Gasteiger partial charge in [-0.05, 0) is 6.26 Å². The Hall–Kier alpha value is -0.220. The van der Waals surface area contributed by atoms with Gasteiger partial charge in [0.15, 0.2) is 5.17 Å². The lowest BCUT2D eigenvalue weighted by Gasteiger charge is -1.97. The van der Waals surface area contributed by atoms with E-state index in [-0.39, 0.29) is 0 Å². The summed E-state index contributed by atoms with van der Waals surface area (Å²) in [5, 5.41) is 7.19. The third-order valence-corrected chi connectivity index (χ3v) is 0.890. The number of rotatable bonds is 1. The van der Waals surface area contributed by atoms with Crippen LogP contribution in [0.5, 0.6) is 0 Å². The lowest BCUT2D eigenvalue weighted by molar-refractivity contribution is 0.146. The monoisotopic (exact) mass is 120 g/mol. The fourth-order valence-corrected chi connectivity index (χ4v) is 0.301. The molecule has 0 aliphatic carbocycles. The molecule has 0 heterocycles. The van der Waals surface area contributed by atoms with Crippen LogP contribution in [-0.4, -0.2) is 18.5 Å². The first-order valence-electron chi connectivity index (χ1n) is 1.72. The molecule has 2 N–H and O–H groups in total. The molecule has 7 heavy (non-hydrogen) atoms. The highest BCUT2D eigenvalue weighted by atomic mass is 32.2. The third kappa shape index (κ3) is 3.61. The van der Waals surface area contributed by atoms with Gasteiger partial charge in [-0.1, -0.05) is 11.8 Å². The molecule has 0 atom stereocenters. The molecule has 3 nitrogen and oxygen atoms in total. The smallest absolute Gasteiger partial charge is 0.177 e. The van der Waals surface area contributed by atoms with Crippen LogP contribution in [0.4, 0.5) is 0 Å². The standard InChI is InChI=1S/C3H8N2OS/c1-6-5-3(4)7-2/h1-2H3,(H2,4,5). The zero-order valence-corrected chi connectivity index (χ0v) is 5.13. The molecule has 0 bridgehead atoms. The van der Waals surface area contributed by atoms with Crippen LogP contribution in [0.3, 0.4) is 0 Å². The Labute approximate surface area is 46.9 Å². The molecule has 0 unspecified atom stereocenters. The summed E-state index contributed by atoms with van der Waals surface area (Å²) >= 11 is 1.30. The highest BCUT2D eigenvalue weighted by Gasteiger charge is 1.84. The zero-order valence-electron chi connectivity index (χ0n) is 4.32. The number of hydrogen-bond donors (Lipinski definition) is 2. The molecule has 0 aliphatic rings. The molecule has 0 saturated heterocycles. The molecule has 0 fully saturated rings. The number of thioether (sulfide) groups is 1. The van der Waals surface area contributed by atoms with E-state index in [1.54, 1.807) is 6.26 Å². The molecule has 0 aromatic heterocycles. The molecule has 0 saturated carbocycles. The topological polar surface area (TPSA) is 45.1 Å². The van der Waals surface area contributed by atoms with E-state index in [0.717, 1.165) is 0 Å². The SMILES string of the molecule is CONC(=N)SC. The van der Waals surface area contributed by atoms with Crippen LogP contribution in [0.2, 0.25) is 0 Å². The minimum Gasteiger partial charge on any atom is -0.278 e. The van der Waals surface area contributed by atoms with Crippen molar-refractivity contribution < 1.29 is 4.84 Å². The first-order chi connectivity index (χ1) is 3.31. The average Bonchev–Trinajstić information content (AvgIpc) is 1.68. The second-order valence-corrected chi connectivity index (χ2v) is 1.66. The summed E-state index contributed by atoms with van der Waals surface area (Å²) in [4.78, 5) is 4.40. The molecule has 0 aromatic carbocycles. The van der Waals surface area contributed by atoms with Crippen molar-refractivity contribution in [2.45, 2.75) is 0 Å². The number of hydrogen-bond acceptors (Lipinski definition) is 3. The lowest BCUT2D eigenvalue weighted by atomic mass is 11.3. The molecule has 0 amide bonds. The molecule has 42 valence electrons. The predicted molar refractivity (Wildman–Crippen MR) is 31.4 cm³/mol. The van der Waals surface area contributed by atoms with Crippen LogP contribution in [-0.2, 0) is 4.84 Å². The summed E-state index contributed by atoms with van der Waals surface area (Å²) in [5.41, 5.74) is 2.34. The molecule has 0 radical (unpaired) electrons. The van der Waals surface area contributed by atoms with Gasteiger partial charge in [0.2, 0.25) is 0 Å². The van der Waals surface area contributed by atoms with Gasteiger partial charge in [0.1, 0.15) is 0 Å². The molecule has 0 rings (SSSR count). The van der Waals surface area contributed by atoms with E-state index in [1.165, 1.54) is 18.9 Å². The van der Waals surface area contributed by atoms with E-state index in [0.29, 0.717) is 5.17 Å². The van der Waals surface area contributed by atoms with Crippen molar-refractivity contribution in [1.29, 1.82) is 5.41 Å². The van der Waals surface area contributed by atoms with E-state index in [9.17, 15) is 0 Å². The van der Waals surface area contributed by atoms with E-state index in [4.69, 9.17) is 5.41 Å². The van der Waals surface area contributed by atoms with Crippen molar-refractivity contribution >= 4 is 16.9 Å². The summed E-state index contributed by atoms with van der Waals surface area (Å²) in [6, 6.07) is 0. The van der Waals surface area contributed by atoms with E-state index >= 15 is 0 Å². The van der Waals surface area contributed by atoms with Gasteiger partial charge in [0.25, 0.3) is 0 Å². The second kappa shape index (κ2) is 3.95.